The third-order valence-electron chi connectivity index (χ3n) is 5.96. The zero-order chi connectivity index (χ0) is 24.3. The van der Waals surface area contributed by atoms with E-state index in [1.165, 1.54) is 0 Å². The van der Waals surface area contributed by atoms with E-state index in [2.05, 4.69) is 20.2 Å². The molecule has 0 radical (unpaired) electrons. The van der Waals surface area contributed by atoms with Crippen molar-refractivity contribution in [3.8, 4) is 17.4 Å². The third kappa shape index (κ3) is 5.76. The number of rotatable bonds is 6. The van der Waals surface area contributed by atoms with Crippen LogP contribution in [-0.4, -0.2) is 54.6 Å². The highest BCUT2D eigenvalue weighted by Crippen LogP contribution is 2.33. The highest BCUT2D eigenvalue weighted by Gasteiger charge is 2.27. The third-order valence-corrected chi connectivity index (χ3v) is 5.96. The van der Waals surface area contributed by atoms with Gasteiger partial charge < -0.3 is 24.4 Å². The van der Waals surface area contributed by atoms with Gasteiger partial charge in [0.25, 0.3) is 0 Å². The minimum atomic E-state index is -0.465. The van der Waals surface area contributed by atoms with Crippen molar-refractivity contribution in [1.82, 2.24) is 9.97 Å². The Balaban J connectivity index is 1.33. The lowest BCUT2D eigenvalue weighted by Crippen LogP contribution is -2.39. The fourth-order valence-electron chi connectivity index (χ4n) is 3.80. The van der Waals surface area contributed by atoms with E-state index in [1.54, 1.807) is 12.1 Å². The van der Waals surface area contributed by atoms with E-state index in [-0.39, 0.29) is 24.2 Å². The minimum absolute atomic E-state index is 0.00814. The number of aryl methyl sites for hydroxylation is 1. The molecule has 1 aromatic heterocycles. The molecular weight excluding hydrogens is 436 g/mol. The van der Waals surface area contributed by atoms with E-state index in [0.717, 1.165) is 5.69 Å². The quantitative estimate of drug-likeness (QED) is 0.688. The summed E-state index contributed by atoms with van der Waals surface area (Å²) in [5.41, 5.74) is 1.000. The number of anilines is 2. The average Bonchev–Trinajstić information content (AvgIpc) is 2.81. The molecule has 9 heteroatoms. The van der Waals surface area contributed by atoms with Crippen LogP contribution in [0.25, 0.3) is 0 Å². The Morgan fingerprint density at radius 3 is 2.50 bits per heavy atom. The van der Waals surface area contributed by atoms with E-state index < -0.39 is 5.41 Å². The number of nitrogens with one attached hydrogen (secondary N) is 1. The summed E-state index contributed by atoms with van der Waals surface area (Å²) >= 11 is 0. The Hall–Kier alpha value is -3.36. The van der Waals surface area contributed by atoms with Crippen LogP contribution in [0.4, 0.5) is 11.6 Å². The molecule has 0 saturated carbocycles. The van der Waals surface area contributed by atoms with Crippen LogP contribution in [-0.2, 0) is 9.59 Å². The topological polar surface area (TPSA) is 103 Å². The number of carbonyl (C=O) groups is 2. The predicted octanol–water partition coefficient (Wildman–Crippen LogP) is 3.41. The van der Waals surface area contributed by atoms with Gasteiger partial charge in [0.1, 0.15) is 19.8 Å². The van der Waals surface area contributed by atoms with Crippen LogP contribution >= 0.6 is 0 Å². The number of carbonyl (C=O) groups excluding carboxylic acids is 2. The van der Waals surface area contributed by atoms with Crippen molar-refractivity contribution in [3.05, 3.63) is 30.0 Å². The predicted molar refractivity (Wildman–Crippen MR) is 128 cm³/mol. The van der Waals surface area contributed by atoms with Gasteiger partial charge in [0.2, 0.25) is 17.7 Å². The lowest BCUT2D eigenvalue weighted by atomic mass is 9.91. The maximum absolute atomic E-state index is 12.8. The smallest absolute Gasteiger partial charge is 0.228 e. The maximum Gasteiger partial charge on any atom is 0.228 e. The molecule has 2 aromatic rings. The standard InChI is InChI=1S/C25H32N4O5/c1-16-13-22(34-15-21(30)25(2,3)4)28-24(26-16)29-9-7-17(8-10-29)23(31)27-18-5-6-19-20(14-18)33-12-11-32-19/h5-6,13-14,17H,7-12,15H2,1-4H3,(H,27,31). The van der Waals surface area contributed by atoms with Crippen molar-refractivity contribution in [2.75, 3.05) is 43.1 Å². The number of hydrogen-bond donors (Lipinski definition) is 1. The molecule has 9 nitrogen and oxygen atoms in total. The first-order chi connectivity index (χ1) is 16.2. The molecule has 1 N–H and O–H groups in total. The first kappa shape index (κ1) is 23.8. The van der Waals surface area contributed by atoms with Crippen molar-refractivity contribution in [3.63, 3.8) is 0 Å². The van der Waals surface area contributed by atoms with Crippen LogP contribution in [0, 0.1) is 18.3 Å². The van der Waals surface area contributed by atoms with Crippen LogP contribution in [0.15, 0.2) is 24.3 Å². The Morgan fingerprint density at radius 2 is 1.79 bits per heavy atom. The summed E-state index contributed by atoms with van der Waals surface area (Å²) in [7, 11) is 0. The fourth-order valence-corrected chi connectivity index (χ4v) is 3.80. The molecule has 0 atom stereocenters. The molecule has 182 valence electrons. The number of Topliss-reactive ketones (excluding diaryl/α,β-unsaturated/α-hetero) is 1. The van der Waals surface area contributed by atoms with Crippen LogP contribution in [0.5, 0.6) is 17.4 Å². The summed E-state index contributed by atoms with van der Waals surface area (Å²) in [6, 6.07) is 7.17. The van der Waals surface area contributed by atoms with Crippen LogP contribution in [0.2, 0.25) is 0 Å². The van der Waals surface area contributed by atoms with Gasteiger partial charge in [0.05, 0.1) is 0 Å². The van der Waals surface area contributed by atoms with Crippen molar-refractivity contribution >= 4 is 23.3 Å². The average molecular weight is 469 g/mol. The second kappa shape index (κ2) is 9.87. The fraction of sp³-hybridized carbons (Fsp3) is 0.520. The molecule has 1 aromatic carbocycles. The molecule has 1 fully saturated rings. The first-order valence-electron chi connectivity index (χ1n) is 11.7. The summed E-state index contributed by atoms with van der Waals surface area (Å²) in [6.45, 7) is 9.79. The number of benzene rings is 1. The molecule has 1 amide bonds. The number of fused-ring (bicyclic) bond motifs is 1. The zero-order valence-electron chi connectivity index (χ0n) is 20.2. The number of ether oxygens (including phenoxy) is 3. The lowest BCUT2D eigenvalue weighted by molar-refractivity contribution is -0.128. The Kier molecular flexibility index (Phi) is 6.90. The molecule has 2 aliphatic rings. The minimum Gasteiger partial charge on any atom is -0.486 e. The summed E-state index contributed by atoms with van der Waals surface area (Å²) in [5, 5.41) is 3.00. The number of nitrogens with zero attached hydrogens (tertiary/aromatic N) is 3. The normalized spacial score (nSPS) is 16.2. The van der Waals surface area contributed by atoms with Crippen molar-refractivity contribution < 1.29 is 23.8 Å². The van der Waals surface area contributed by atoms with Gasteiger partial charge in [-0.05, 0) is 31.9 Å². The highest BCUT2D eigenvalue weighted by atomic mass is 16.6. The molecule has 0 aliphatic carbocycles. The molecule has 0 spiro atoms. The molecule has 0 unspecified atom stereocenters. The van der Waals surface area contributed by atoms with Gasteiger partial charge in [-0.1, -0.05) is 20.8 Å². The number of aromatic nitrogens is 2. The molecule has 34 heavy (non-hydrogen) atoms. The summed E-state index contributed by atoms with van der Waals surface area (Å²) in [4.78, 5) is 36.1. The van der Waals surface area contributed by atoms with E-state index >= 15 is 0 Å². The van der Waals surface area contributed by atoms with Crippen LogP contribution in [0.3, 0.4) is 0 Å². The van der Waals surface area contributed by atoms with Crippen LogP contribution in [0.1, 0.15) is 39.3 Å². The Labute approximate surface area is 199 Å². The number of piperidine rings is 1. The van der Waals surface area contributed by atoms with E-state index in [0.29, 0.717) is 68.2 Å². The molecule has 0 bridgehead atoms. The summed E-state index contributed by atoms with van der Waals surface area (Å²) in [5.74, 6) is 2.19. The Morgan fingerprint density at radius 1 is 1.09 bits per heavy atom. The van der Waals surface area contributed by atoms with E-state index in [4.69, 9.17) is 14.2 Å². The summed E-state index contributed by atoms with van der Waals surface area (Å²) < 4.78 is 16.8. The maximum atomic E-state index is 12.8. The van der Waals surface area contributed by atoms with Gasteiger partial charge in [-0.25, -0.2) is 4.98 Å². The summed E-state index contributed by atoms with van der Waals surface area (Å²) in [6.07, 6.45) is 1.37. The number of hydrogen-bond acceptors (Lipinski definition) is 8. The van der Waals surface area contributed by atoms with Crippen molar-refractivity contribution in [2.24, 2.45) is 11.3 Å². The monoisotopic (exact) mass is 468 g/mol. The zero-order valence-corrected chi connectivity index (χ0v) is 20.2. The number of ketones is 1. The van der Waals surface area contributed by atoms with Gasteiger partial charge in [-0.2, -0.15) is 4.98 Å². The van der Waals surface area contributed by atoms with Gasteiger partial charge >= 0.3 is 0 Å². The molecule has 2 aliphatic heterocycles. The number of amides is 1. The second-order valence-electron chi connectivity index (χ2n) is 9.72. The first-order valence-corrected chi connectivity index (χ1v) is 11.7. The molecular formula is C25H32N4O5. The molecule has 4 rings (SSSR count). The van der Waals surface area contributed by atoms with Gasteiger partial charge in [0.15, 0.2) is 17.3 Å². The molecule has 1 saturated heterocycles. The van der Waals surface area contributed by atoms with E-state index in [9.17, 15) is 9.59 Å². The van der Waals surface area contributed by atoms with Crippen LogP contribution < -0.4 is 24.4 Å². The largest absolute Gasteiger partial charge is 0.486 e. The lowest BCUT2D eigenvalue weighted by Gasteiger charge is -2.31. The Bertz CT molecular complexity index is 1060. The van der Waals surface area contributed by atoms with Crippen molar-refractivity contribution in [2.45, 2.75) is 40.5 Å². The SMILES string of the molecule is Cc1cc(OCC(=O)C(C)(C)C)nc(N2CCC(C(=O)Nc3ccc4c(c3)OCCO4)CC2)n1. The van der Waals surface area contributed by atoms with Crippen molar-refractivity contribution in [1.29, 1.82) is 0 Å². The highest BCUT2D eigenvalue weighted by molar-refractivity contribution is 5.93. The second-order valence-corrected chi connectivity index (χ2v) is 9.72. The van der Waals surface area contributed by atoms with Gasteiger partial charge in [-0.3, -0.25) is 9.59 Å². The molecule has 3 heterocycles. The van der Waals surface area contributed by atoms with E-state index in [1.807, 2.05) is 39.8 Å². The van der Waals surface area contributed by atoms with Gasteiger partial charge in [-0.15, -0.1) is 0 Å². The van der Waals surface area contributed by atoms with Gasteiger partial charge in [0, 0.05) is 47.9 Å².